The minimum Gasteiger partial charge on any atom is -0.481 e. The van der Waals surface area contributed by atoms with Crippen LogP contribution < -0.4 is 0 Å². The third-order valence-corrected chi connectivity index (χ3v) is 8.43. The molecular formula is C26H27NO4. The number of rotatable bonds is 3. The maximum absolute atomic E-state index is 13.5. The molecule has 5 nitrogen and oxygen atoms in total. The molecule has 5 aliphatic rings. The van der Waals surface area contributed by atoms with Crippen molar-refractivity contribution in [2.45, 2.75) is 50.1 Å². The van der Waals surface area contributed by atoms with E-state index in [4.69, 9.17) is 4.74 Å². The van der Waals surface area contributed by atoms with E-state index in [9.17, 15) is 14.7 Å². The molecule has 31 heavy (non-hydrogen) atoms. The van der Waals surface area contributed by atoms with E-state index in [1.807, 2.05) is 29.2 Å². The number of carboxylic acids is 1. The normalized spacial score (nSPS) is 32.4. The number of nitrogens with zero attached hydrogens (tertiary/aromatic N) is 1. The Kier molecular flexibility index (Phi) is 3.87. The van der Waals surface area contributed by atoms with Crippen LogP contribution in [0.25, 0.3) is 11.1 Å². The van der Waals surface area contributed by atoms with Crippen molar-refractivity contribution in [1.29, 1.82) is 0 Å². The quantitative estimate of drug-likeness (QED) is 0.741. The second-order valence-corrected chi connectivity index (χ2v) is 10.2. The SMILES string of the molecule is COC(=O)N(C1c2ccccc2-c2ccccc21)C12CC3CC(CC(C(=O)O)(C3)C1)C2. The Labute approximate surface area is 182 Å². The first-order chi connectivity index (χ1) is 15.0. The lowest BCUT2D eigenvalue weighted by molar-refractivity contribution is -0.178. The highest BCUT2D eigenvalue weighted by atomic mass is 16.5. The van der Waals surface area contributed by atoms with Crippen molar-refractivity contribution in [3.05, 3.63) is 59.7 Å². The lowest BCUT2D eigenvalue weighted by Gasteiger charge is -2.63. The number of fused-ring (bicyclic) bond motifs is 3. The van der Waals surface area contributed by atoms with Crippen LogP contribution in [0.1, 0.15) is 55.7 Å². The molecule has 1 N–H and O–H groups in total. The first-order valence-electron chi connectivity index (χ1n) is 11.3. The van der Waals surface area contributed by atoms with Crippen LogP contribution in [0.4, 0.5) is 4.79 Å². The van der Waals surface area contributed by atoms with Gasteiger partial charge in [-0.15, -0.1) is 0 Å². The largest absolute Gasteiger partial charge is 0.481 e. The van der Waals surface area contributed by atoms with Gasteiger partial charge in [0.15, 0.2) is 0 Å². The average Bonchev–Trinajstić information content (AvgIpc) is 3.07. The summed E-state index contributed by atoms with van der Waals surface area (Å²) in [4.78, 5) is 27.9. The van der Waals surface area contributed by atoms with Crippen molar-refractivity contribution < 1.29 is 19.4 Å². The summed E-state index contributed by atoms with van der Waals surface area (Å²) in [5.41, 5.74) is 3.31. The molecule has 5 heteroatoms. The number of amides is 1. The standard InChI is InChI=1S/C26H27NO4/c1-31-24(30)27(22-20-8-4-2-6-18(20)19-7-3-5-9-21(19)22)26-13-16-10-17(14-26)12-25(11-16,15-26)23(28)29/h2-9,16-17,22H,10-15H2,1H3,(H,28,29). The minimum absolute atomic E-state index is 0.248. The number of carboxylic acid groups (broad SMARTS) is 1. The number of benzene rings is 2. The van der Waals surface area contributed by atoms with Crippen LogP contribution >= 0.6 is 0 Å². The molecule has 2 aromatic rings. The summed E-state index contributed by atoms with van der Waals surface area (Å²) in [5, 5.41) is 10.2. The van der Waals surface area contributed by atoms with Crippen LogP contribution in [0.2, 0.25) is 0 Å². The average molecular weight is 418 g/mol. The summed E-state index contributed by atoms with van der Waals surface area (Å²) in [6, 6.07) is 16.3. The van der Waals surface area contributed by atoms with Crippen LogP contribution in [0.5, 0.6) is 0 Å². The number of hydrogen-bond donors (Lipinski definition) is 1. The Hall–Kier alpha value is -2.82. The van der Waals surface area contributed by atoms with E-state index in [-0.39, 0.29) is 12.1 Å². The number of carbonyl (C=O) groups is 2. The van der Waals surface area contributed by atoms with Crippen LogP contribution in [0.15, 0.2) is 48.5 Å². The Morgan fingerprint density at radius 2 is 1.48 bits per heavy atom. The van der Waals surface area contributed by atoms with Crippen LogP contribution in [-0.2, 0) is 9.53 Å². The molecule has 4 fully saturated rings. The fourth-order valence-electron chi connectivity index (χ4n) is 7.82. The molecule has 1 amide bonds. The second-order valence-electron chi connectivity index (χ2n) is 10.2. The summed E-state index contributed by atoms with van der Waals surface area (Å²) in [7, 11) is 1.44. The highest BCUT2D eigenvalue weighted by Gasteiger charge is 2.64. The maximum Gasteiger partial charge on any atom is 0.410 e. The van der Waals surface area contributed by atoms with E-state index in [2.05, 4.69) is 24.3 Å². The first-order valence-corrected chi connectivity index (χ1v) is 11.3. The number of carbonyl (C=O) groups excluding carboxylic acids is 1. The van der Waals surface area contributed by atoms with E-state index < -0.39 is 16.9 Å². The third-order valence-electron chi connectivity index (χ3n) is 8.43. The molecule has 7 rings (SSSR count). The van der Waals surface area contributed by atoms with Crippen molar-refractivity contribution in [2.75, 3.05) is 7.11 Å². The summed E-state index contributed by atoms with van der Waals surface area (Å²) >= 11 is 0. The van der Waals surface area contributed by atoms with Gasteiger partial charge < -0.3 is 9.84 Å². The number of methoxy groups -OCH3 is 1. The van der Waals surface area contributed by atoms with Gasteiger partial charge in [-0.25, -0.2) is 4.79 Å². The molecule has 0 aliphatic heterocycles. The summed E-state index contributed by atoms with van der Waals surface area (Å²) in [6.45, 7) is 0. The van der Waals surface area contributed by atoms with Gasteiger partial charge >= 0.3 is 12.1 Å². The molecule has 0 radical (unpaired) electrons. The van der Waals surface area contributed by atoms with Gasteiger partial charge in [0, 0.05) is 5.54 Å². The minimum atomic E-state index is -0.714. The highest BCUT2D eigenvalue weighted by molar-refractivity contribution is 5.82. The smallest absolute Gasteiger partial charge is 0.410 e. The number of hydrogen-bond acceptors (Lipinski definition) is 3. The van der Waals surface area contributed by atoms with E-state index >= 15 is 0 Å². The Morgan fingerprint density at radius 1 is 0.935 bits per heavy atom. The van der Waals surface area contributed by atoms with Crippen molar-refractivity contribution in [2.24, 2.45) is 17.3 Å². The molecular weight excluding hydrogens is 390 g/mol. The Bertz CT molecular complexity index is 1030. The van der Waals surface area contributed by atoms with E-state index in [0.29, 0.717) is 18.3 Å². The molecule has 0 spiro atoms. The topological polar surface area (TPSA) is 66.8 Å². The molecule has 0 saturated heterocycles. The van der Waals surface area contributed by atoms with Crippen LogP contribution in [-0.4, -0.2) is 34.7 Å². The first kappa shape index (κ1) is 18.9. The van der Waals surface area contributed by atoms with Gasteiger partial charge in [-0.1, -0.05) is 48.5 Å². The lowest BCUT2D eigenvalue weighted by atomic mass is 9.46. The maximum atomic E-state index is 13.5. The van der Waals surface area contributed by atoms with Crippen molar-refractivity contribution in [1.82, 2.24) is 4.90 Å². The van der Waals surface area contributed by atoms with Gasteiger partial charge in [0.2, 0.25) is 0 Å². The molecule has 160 valence electrons. The lowest BCUT2D eigenvalue weighted by Crippen LogP contribution is -2.66. The fourth-order valence-corrected chi connectivity index (χ4v) is 7.82. The van der Waals surface area contributed by atoms with Crippen molar-refractivity contribution in [3.8, 4) is 11.1 Å². The molecule has 5 aliphatic carbocycles. The molecule has 4 bridgehead atoms. The fraction of sp³-hybridized carbons (Fsp3) is 0.462. The zero-order chi connectivity index (χ0) is 21.4. The van der Waals surface area contributed by atoms with Gasteiger partial charge in [-0.2, -0.15) is 0 Å². The molecule has 0 aromatic heterocycles. The van der Waals surface area contributed by atoms with Gasteiger partial charge in [0.25, 0.3) is 0 Å². The molecule has 2 unspecified atom stereocenters. The number of aliphatic carboxylic acids is 1. The van der Waals surface area contributed by atoms with Gasteiger partial charge in [0.1, 0.15) is 0 Å². The molecule has 0 heterocycles. The monoisotopic (exact) mass is 417 g/mol. The van der Waals surface area contributed by atoms with E-state index in [1.165, 1.54) is 7.11 Å². The van der Waals surface area contributed by atoms with Crippen LogP contribution in [0.3, 0.4) is 0 Å². The van der Waals surface area contributed by atoms with E-state index in [0.717, 1.165) is 54.4 Å². The zero-order valence-corrected chi connectivity index (χ0v) is 17.7. The summed E-state index contributed by atoms with van der Waals surface area (Å²) < 4.78 is 5.38. The molecule has 2 aromatic carbocycles. The van der Waals surface area contributed by atoms with Gasteiger partial charge in [-0.05, 0) is 72.6 Å². The highest BCUT2D eigenvalue weighted by Crippen LogP contribution is 2.65. The number of ether oxygens (including phenoxy) is 1. The summed E-state index contributed by atoms with van der Waals surface area (Å²) in [6.07, 6.45) is 4.49. The predicted molar refractivity (Wildman–Crippen MR) is 115 cm³/mol. The Balaban J connectivity index is 1.54. The van der Waals surface area contributed by atoms with Gasteiger partial charge in [0.05, 0.1) is 18.6 Å². The zero-order valence-electron chi connectivity index (χ0n) is 17.7. The summed E-state index contributed by atoms with van der Waals surface area (Å²) in [5.74, 6) is 0.0239. The Morgan fingerprint density at radius 3 is 2.00 bits per heavy atom. The second kappa shape index (κ2) is 6.35. The van der Waals surface area contributed by atoms with Crippen molar-refractivity contribution in [3.63, 3.8) is 0 Å². The van der Waals surface area contributed by atoms with E-state index in [1.54, 1.807) is 0 Å². The van der Waals surface area contributed by atoms with Crippen molar-refractivity contribution >= 4 is 12.1 Å². The third kappa shape index (κ3) is 2.49. The van der Waals surface area contributed by atoms with Crippen LogP contribution in [0, 0.1) is 17.3 Å². The van der Waals surface area contributed by atoms with Gasteiger partial charge in [-0.3, -0.25) is 9.69 Å². The predicted octanol–water partition coefficient (Wildman–Crippen LogP) is 5.25. The molecule has 2 atom stereocenters. The molecule has 4 saturated carbocycles.